The van der Waals surface area contributed by atoms with Gasteiger partial charge in [-0.1, -0.05) is 0 Å². The number of hydrogen-bond donors (Lipinski definition) is 1. The van der Waals surface area contributed by atoms with Gasteiger partial charge < -0.3 is 19.9 Å². The average molecular weight is 317 g/mol. The summed E-state index contributed by atoms with van der Waals surface area (Å²) in [5.41, 5.74) is 1.03. The van der Waals surface area contributed by atoms with Crippen molar-refractivity contribution in [3.63, 3.8) is 0 Å². The fourth-order valence-corrected chi connectivity index (χ4v) is 2.76. The van der Waals surface area contributed by atoms with Gasteiger partial charge in [-0.25, -0.2) is 0 Å². The highest BCUT2D eigenvalue weighted by Gasteiger charge is 2.24. The molecule has 1 saturated heterocycles. The van der Waals surface area contributed by atoms with Crippen LogP contribution in [-0.2, 0) is 9.59 Å². The summed E-state index contributed by atoms with van der Waals surface area (Å²) < 4.78 is 5.49. The zero-order chi connectivity index (χ0) is 16.4. The first-order valence-corrected chi connectivity index (χ1v) is 7.66. The Bertz CT molecular complexity index is 651. The summed E-state index contributed by atoms with van der Waals surface area (Å²) in [4.78, 5) is 39.0. The summed E-state index contributed by atoms with van der Waals surface area (Å²) in [6.45, 7) is 3.99. The number of nitrogens with zero attached hydrogens (tertiary/aromatic N) is 2. The molecule has 122 valence electrons. The van der Waals surface area contributed by atoms with E-state index < -0.39 is 0 Å². The molecule has 0 aromatic heterocycles. The van der Waals surface area contributed by atoms with E-state index in [-0.39, 0.29) is 17.7 Å². The number of nitrogens with one attached hydrogen (secondary N) is 1. The van der Waals surface area contributed by atoms with Crippen LogP contribution >= 0.6 is 0 Å². The molecule has 3 amide bonds. The largest absolute Gasteiger partial charge is 0.491 e. The Labute approximate surface area is 134 Å². The number of carbonyl (C=O) groups is 3. The van der Waals surface area contributed by atoms with Gasteiger partial charge in [0.25, 0.3) is 5.91 Å². The van der Waals surface area contributed by atoms with Crippen molar-refractivity contribution < 1.29 is 19.1 Å². The van der Waals surface area contributed by atoms with Crippen molar-refractivity contribution in [1.29, 1.82) is 0 Å². The van der Waals surface area contributed by atoms with Gasteiger partial charge in [0, 0.05) is 38.7 Å². The molecule has 2 aliphatic heterocycles. The molecule has 23 heavy (non-hydrogen) atoms. The Kier molecular flexibility index (Phi) is 4.18. The summed E-state index contributed by atoms with van der Waals surface area (Å²) in [5, 5.41) is 2.75. The van der Waals surface area contributed by atoms with Gasteiger partial charge in [-0.15, -0.1) is 0 Å². The minimum atomic E-state index is -0.122. The Morgan fingerprint density at radius 1 is 1.13 bits per heavy atom. The van der Waals surface area contributed by atoms with Crippen LogP contribution < -0.4 is 10.1 Å². The van der Waals surface area contributed by atoms with E-state index in [1.165, 1.54) is 6.92 Å². The molecule has 7 heteroatoms. The van der Waals surface area contributed by atoms with Crippen LogP contribution in [0, 0.1) is 0 Å². The number of piperazine rings is 1. The molecule has 1 N–H and O–H groups in total. The molecule has 1 aromatic rings. The third-order valence-electron chi connectivity index (χ3n) is 4.10. The Morgan fingerprint density at radius 2 is 1.83 bits per heavy atom. The number of benzene rings is 1. The molecule has 0 bridgehead atoms. The van der Waals surface area contributed by atoms with Gasteiger partial charge in [0.2, 0.25) is 11.8 Å². The van der Waals surface area contributed by atoms with Crippen LogP contribution in [0.5, 0.6) is 5.75 Å². The normalized spacial score (nSPS) is 17.7. The second-order valence-corrected chi connectivity index (χ2v) is 5.66. The summed E-state index contributed by atoms with van der Waals surface area (Å²) in [6, 6.07) is 5.06. The minimum Gasteiger partial charge on any atom is -0.491 e. The molecule has 2 heterocycles. The van der Waals surface area contributed by atoms with E-state index in [2.05, 4.69) is 5.32 Å². The van der Waals surface area contributed by atoms with Crippen LogP contribution in [0.25, 0.3) is 0 Å². The van der Waals surface area contributed by atoms with Gasteiger partial charge in [0.05, 0.1) is 18.7 Å². The number of rotatable bonds is 1. The van der Waals surface area contributed by atoms with Crippen LogP contribution in [0.4, 0.5) is 5.69 Å². The second-order valence-electron chi connectivity index (χ2n) is 5.66. The highest BCUT2D eigenvalue weighted by molar-refractivity contribution is 5.98. The Balaban J connectivity index is 1.73. The van der Waals surface area contributed by atoms with Gasteiger partial charge in [0.15, 0.2) is 0 Å². The second kappa shape index (κ2) is 6.28. The number of carbonyl (C=O) groups excluding carboxylic acids is 3. The molecule has 0 aliphatic carbocycles. The van der Waals surface area contributed by atoms with E-state index in [1.807, 2.05) is 0 Å². The summed E-state index contributed by atoms with van der Waals surface area (Å²) >= 11 is 0. The average Bonchev–Trinajstić information content (AvgIpc) is 2.74. The van der Waals surface area contributed by atoms with Crippen LogP contribution in [0.2, 0.25) is 0 Å². The maximum Gasteiger partial charge on any atom is 0.254 e. The van der Waals surface area contributed by atoms with Crippen LogP contribution in [0.15, 0.2) is 18.2 Å². The van der Waals surface area contributed by atoms with E-state index in [0.29, 0.717) is 56.2 Å². The molecule has 3 rings (SSSR count). The maximum atomic E-state index is 12.6. The SMILES string of the molecule is CC(=O)N1CCN(C(=O)c2ccc3c(c2)NC(=O)CCO3)CC1. The van der Waals surface area contributed by atoms with Crippen molar-refractivity contribution in [3.8, 4) is 5.75 Å². The predicted molar refractivity (Wildman–Crippen MR) is 83.3 cm³/mol. The molecule has 0 unspecified atom stereocenters. The van der Waals surface area contributed by atoms with E-state index in [1.54, 1.807) is 28.0 Å². The molecule has 7 nitrogen and oxygen atoms in total. The highest BCUT2D eigenvalue weighted by atomic mass is 16.5. The summed E-state index contributed by atoms with van der Waals surface area (Å²) in [5.74, 6) is 0.383. The number of anilines is 1. The van der Waals surface area contributed by atoms with Gasteiger partial charge in [-0.05, 0) is 18.2 Å². The monoisotopic (exact) mass is 317 g/mol. The lowest BCUT2D eigenvalue weighted by molar-refractivity contribution is -0.130. The number of fused-ring (bicyclic) bond motifs is 1. The van der Waals surface area contributed by atoms with E-state index in [9.17, 15) is 14.4 Å². The molecule has 0 saturated carbocycles. The fraction of sp³-hybridized carbons (Fsp3) is 0.438. The van der Waals surface area contributed by atoms with E-state index >= 15 is 0 Å². The molecule has 2 aliphatic rings. The first-order valence-electron chi connectivity index (χ1n) is 7.66. The van der Waals surface area contributed by atoms with E-state index in [0.717, 1.165) is 0 Å². The van der Waals surface area contributed by atoms with Crippen molar-refractivity contribution in [2.75, 3.05) is 38.1 Å². The Hall–Kier alpha value is -2.57. The van der Waals surface area contributed by atoms with Crippen molar-refractivity contribution >= 4 is 23.4 Å². The molecular formula is C16H19N3O4. The molecule has 0 radical (unpaired) electrons. The number of amides is 3. The highest BCUT2D eigenvalue weighted by Crippen LogP contribution is 2.28. The minimum absolute atomic E-state index is 0.0296. The quantitative estimate of drug-likeness (QED) is 0.827. The number of ether oxygens (including phenoxy) is 1. The lowest BCUT2D eigenvalue weighted by Gasteiger charge is -2.34. The standard InChI is InChI=1S/C16H19N3O4/c1-11(20)18-5-7-19(8-6-18)16(22)12-2-3-14-13(10-12)17-15(21)4-9-23-14/h2-3,10H,4-9H2,1H3,(H,17,21). The van der Waals surface area contributed by atoms with Gasteiger partial charge in [-0.2, -0.15) is 0 Å². The smallest absolute Gasteiger partial charge is 0.254 e. The molecule has 0 atom stereocenters. The van der Waals surface area contributed by atoms with Crippen molar-refractivity contribution in [1.82, 2.24) is 9.80 Å². The fourth-order valence-electron chi connectivity index (χ4n) is 2.76. The van der Waals surface area contributed by atoms with Crippen molar-refractivity contribution in [3.05, 3.63) is 23.8 Å². The summed E-state index contributed by atoms with van der Waals surface area (Å²) in [7, 11) is 0. The molecule has 1 aromatic carbocycles. The van der Waals surface area contributed by atoms with Gasteiger partial charge in [-0.3, -0.25) is 14.4 Å². The maximum absolute atomic E-state index is 12.6. The molecule has 1 fully saturated rings. The predicted octanol–water partition coefficient (Wildman–Crippen LogP) is 0.712. The zero-order valence-electron chi connectivity index (χ0n) is 13.0. The van der Waals surface area contributed by atoms with Crippen LogP contribution in [0.1, 0.15) is 23.7 Å². The first-order chi connectivity index (χ1) is 11.0. The van der Waals surface area contributed by atoms with Crippen molar-refractivity contribution in [2.24, 2.45) is 0 Å². The molecule has 0 spiro atoms. The third-order valence-corrected chi connectivity index (χ3v) is 4.10. The third kappa shape index (κ3) is 3.28. The van der Waals surface area contributed by atoms with Crippen LogP contribution in [0.3, 0.4) is 0 Å². The lowest BCUT2D eigenvalue weighted by atomic mass is 10.1. The topological polar surface area (TPSA) is 79.0 Å². The zero-order valence-corrected chi connectivity index (χ0v) is 13.0. The first kappa shape index (κ1) is 15.3. The van der Waals surface area contributed by atoms with Crippen LogP contribution in [-0.4, -0.2) is 60.3 Å². The van der Waals surface area contributed by atoms with Gasteiger partial charge >= 0.3 is 0 Å². The summed E-state index contributed by atoms with van der Waals surface area (Å²) in [6.07, 6.45) is 0.297. The molecular weight excluding hydrogens is 298 g/mol. The Morgan fingerprint density at radius 3 is 2.52 bits per heavy atom. The van der Waals surface area contributed by atoms with Crippen molar-refractivity contribution in [2.45, 2.75) is 13.3 Å². The van der Waals surface area contributed by atoms with E-state index in [4.69, 9.17) is 4.74 Å². The number of hydrogen-bond acceptors (Lipinski definition) is 4. The lowest BCUT2D eigenvalue weighted by Crippen LogP contribution is -2.50. The van der Waals surface area contributed by atoms with Gasteiger partial charge in [0.1, 0.15) is 5.75 Å².